The highest BCUT2D eigenvalue weighted by molar-refractivity contribution is 14.1. The number of urea groups is 1. The molecule has 0 atom stereocenters. The summed E-state index contributed by atoms with van der Waals surface area (Å²) in [6.07, 6.45) is 0. The molecule has 0 aliphatic carbocycles. The molecule has 2 aromatic rings. The van der Waals surface area contributed by atoms with Crippen LogP contribution in [0.25, 0.3) is 0 Å². The van der Waals surface area contributed by atoms with Crippen LogP contribution in [0.3, 0.4) is 0 Å². The average molecular weight is 404 g/mol. The van der Waals surface area contributed by atoms with Gasteiger partial charge in [-0.1, -0.05) is 0 Å². The lowest BCUT2D eigenvalue weighted by Gasteiger charge is -2.08. The van der Waals surface area contributed by atoms with Crippen LogP contribution in [0.15, 0.2) is 18.2 Å². The van der Waals surface area contributed by atoms with Crippen molar-refractivity contribution in [2.45, 2.75) is 6.92 Å². The smallest absolute Gasteiger partial charge is 0.337 e. The summed E-state index contributed by atoms with van der Waals surface area (Å²) in [6.45, 7) is 1.71. The summed E-state index contributed by atoms with van der Waals surface area (Å²) < 4.78 is 4.70. The second-order valence-electron chi connectivity index (χ2n) is 3.72. The summed E-state index contributed by atoms with van der Waals surface area (Å²) in [5, 5.41) is 14.4. The minimum Gasteiger partial charge on any atom is -0.478 e. The van der Waals surface area contributed by atoms with Crippen molar-refractivity contribution in [1.29, 1.82) is 0 Å². The number of aromatic carboxylic acids is 1. The Morgan fingerprint density at radius 2 is 2.10 bits per heavy atom. The maximum absolute atomic E-state index is 11.8. The first kappa shape index (κ1) is 14.7. The summed E-state index contributed by atoms with van der Waals surface area (Å²) >= 11 is 3.05. The van der Waals surface area contributed by atoms with Crippen molar-refractivity contribution in [2.75, 3.05) is 10.6 Å². The number of benzene rings is 1. The van der Waals surface area contributed by atoms with Gasteiger partial charge in [-0.3, -0.25) is 5.32 Å². The highest BCUT2D eigenvalue weighted by atomic mass is 127. The number of carboxylic acid groups (broad SMARTS) is 1. The maximum Gasteiger partial charge on any atom is 0.337 e. The van der Waals surface area contributed by atoms with Crippen LogP contribution in [-0.4, -0.2) is 26.5 Å². The lowest BCUT2D eigenvalue weighted by molar-refractivity contribution is 0.0698. The van der Waals surface area contributed by atoms with Gasteiger partial charge in [0.15, 0.2) is 0 Å². The number of hydrogen-bond acceptors (Lipinski definition) is 5. The number of carboxylic acids is 1. The molecule has 0 unspecified atom stereocenters. The van der Waals surface area contributed by atoms with E-state index in [9.17, 15) is 9.59 Å². The van der Waals surface area contributed by atoms with Crippen molar-refractivity contribution >= 4 is 56.9 Å². The van der Waals surface area contributed by atoms with Crippen molar-refractivity contribution < 1.29 is 14.7 Å². The van der Waals surface area contributed by atoms with Gasteiger partial charge in [0.05, 0.1) is 11.3 Å². The lowest BCUT2D eigenvalue weighted by atomic mass is 10.2. The molecule has 0 radical (unpaired) electrons. The number of carbonyl (C=O) groups excluding carboxylic acids is 1. The standard InChI is InChI=1S/C11H9IN4O3S/c1-5-13-11(20-16-5)15-10(19)14-8-3-2-6(12)4-7(8)9(17)18/h2-4H,1H3,(H,17,18)(H2,13,14,15,16,19). The Bertz CT molecular complexity index is 673. The minimum absolute atomic E-state index is 0.0282. The van der Waals surface area contributed by atoms with Gasteiger partial charge in [0.1, 0.15) is 5.82 Å². The van der Waals surface area contributed by atoms with Crippen molar-refractivity contribution in [3.8, 4) is 0 Å². The van der Waals surface area contributed by atoms with Crippen molar-refractivity contribution in [2.24, 2.45) is 0 Å². The van der Waals surface area contributed by atoms with Gasteiger partial charge in [-0.15, -0.1) is 0 Å². The fourth-order valence-corrected chi connectivity index (χ4v) is 2.46. The van der Waals surface area contributed by atoms with Crippen LogP contribution in [-0.2, 0) is 0 Å². The molecule has 0 aliphatic heterocycles. The summed E-state index contributed by atoms with van der Waals surface area (Å²) in [5.74, 6) is -0.545. The Morgan fingerprint density at radius 1 is 1.35 bits per heavy atom. The molecule has 9 heteroatoms. The molecule has 1 heterocycles. The second-order valence-corrected chi connectivity index (χ2v) is 5.72. The van der Waals surface area contributed by atoms with Gasteiger partial charge in [-0.2, -0.15) is 4.37 Å². The number of hydrogen-bond donors (Lipinski definition) is 3. The molecule has 1 aromatic heterocycles. The van der Waals surface area contributed by atoms with E-state index in [1.807, 2.05) is 22.6 Å². The molecule has 0 bridgehead atoms. The first-order valence-electron chi connectivity index (χ1n) is 5.37. The number of halogens is 1. The highest BCUT2D eigenvalue weighted by Crippen LogP contribution is 2.19. The van der Waals surface area contributed by atoms with Crippen LogP contribution >= 0.6 is 34.1 Å². The van der Waals surface area contributed by atoms with Crippen LogP contribution in [0.1, 0.15) is 16.2 Å². The predicted molar refractivity (Wildman–Crippen MR) is 83.4 cm³/mol. The van der Waals surface area contributed by atoms with E-state index in [4.69, 9.17) is 5.11 Å². The summed E-state index contributed by atoms with van der Waals surface area (Å²) in [5.41, 5.74) is 0.247. The molecule has 0 spiro atoms. The molecule has 0 aliphatic rings. The highest BCUT2D eigenvalue weighted by Gasteiger charge is 2.13. The fourth-order valence-electron chi connectivity index (χ4n) is 1.40. The quantitative estimate of drug-likeness (QED) is 0.683. The third-order valence-electron chi connectivity index (χ3n) is 2.21. The molecule has 20 heavy (non-hydrogen) atoms. The van der Waals surface area contributed by atoms with Gasteiger partial charge < -0.3 is 10.4 Å². The normalized spacial score (nSPS) is 10.1. The number of carbonyl (C=O) groups is 2. The maximum atomic E-state index is 11.8. The van der Waals surface area contributed by atoms with E-state index in [1.54, 1.807) is 13.0 Å². The summed E-state index contributed by atoms with van der Waals surface area (Å²) in [6, 6.07) is 4.16. The van der Waals surface area contributed by atoms with Gasteiger partial charge in [0, 0.05) is 15.1 Å². The summed E-state index contributed by atoms with van der Waals surface area (Å²) in [7, 11) is 0. The second kappa shape index (κ2) is 6.13. The lowest BCUT2D eigenvalue weighted by Crippen LogP contribution is -2.21. The first-order chi connectivity index (χ1) is 9.45. The van der Waals surface area contributed by atoms with Crippen molar-refractivity contribution in [1.82, 2.24) is 9.36 Å². The number of nitrogens with zero attached hydrogens (tertiary/aromatic N) is 2. The molecular formula is C11H9IN4O3S. The number of amides is 2. The third-order valence-corrected chi connectivity index (χ3v) is 3.60. The zero-order valence-corrected chi connectivity index (χ0v) is 13.2. The van der Waals surface area contributed by atoms with E-state index < -0.39 is 12.0 Å². The van der Waals surface area contributed by atoms with Crippen LogP contribution in [0.4, 0.5) is 15.6 Å². The molecule has 0 fully saturated rings. The van der Waals surface area contributed by atoms with Gasteiger partial charge in [0.25, 0.3) is 0 Å². The topological polar surface area (TPSA) is 104 Å². The Hall–Kier alpha value is -1.75. The van der Waals surface area contributed by atoms with Gasteiger partial charge >= 0.3 is 12.0 Å². The first-order valence-corrected chi connectivity index (χ1v) is 7.22. The molecule has 0 saturated carbocycles. The number of rotatable bonds is 3. The fraction of sp³-hybridized carbons (Fsp3) is 0.0909. The van der Waals surface area contributed by atoms with E-state index in [0.717, 1.165) is 15.1 Å². The van der Waals surface area contributed by atoms with E-state index in [-0.39, 0.29) is 11.3 Å². The van der Waals surface area contributed by atoms with E-state index in [2.05, 4.69) is 20.0 Å². The van der Waals surface area contributed by atoms with Gasteiger partial charge in [0.2, 0.25) is 5.13 Å². The third kappa shape index (κ3) is 3.63. The number of nitrogens with one attached hydrogen (secondary N) is 2. The molecule has 1 aromatic carbocycles. The predicted octanol–water partition coefficient (Wildman–Crippen LogP) is 2.79. The molecule has 2 amide bonds. The molecule has 104 valence electrons. The van der Waals surface area contributed by atoms with Crippen LogP contribution in [0, 0.1) is 10.5 Å². The Balaban J connectivity index is 2.13. The van der Waals surface area contributed by atoms with Crippen molar-refractivity contribution in [3.05, 3.63) is 33.2 Å². The number of aromatic nitrogens is 2. The van der Waals surface area contributed by atoms with E-state index in [0.29, 0.717) is 11.0 Å². The minimum atomic E-state index is -1.11. The monoisotopic (exact) mass is 404 g/mol. The van der Waals surface area contributed by atoms with Crippen LogP contribution in [0.2, 0.25) is 0 Å². The van der Waals surface area contributed by atoms with Crippen LogP contribution < -0.4 is 10.6 Å². The molecule has 0 saturated heterocycles. The number of anilines is 2. The van der Waals surface area contributed by atoms with Crippen molar-refractivity contribution in [3.63, 3.8) is 0 Å². The van der Waals surface area contributed by atoms with Crippen LogP contribution in [0.5, 0.6) is 0 Å². The number of aryl methyl sites for hydroxylation is 1. The average Bonchev–Trinajstić information content (AvgIpc) is 2.76. The largest absolute Gasteiger partial charge is 0.478 e. The summed E-state index contributed by atoms with van der Waals surface area (Å²) in [4.78, 5) is 26.9. The molecule has 3 N–H and O–H groups in total. The molecular weight excluding hydrogens is 395 g/mol. The molecule has 7 nitrogen and oxygen atoms in total. The molecule has 2 rings (SSSR count). The Labute approximate surface area is 131 Å². The Morgan fingerprint density at radius 3 is 2.70 bits per heavy atom. The zero-order valence-electron chi connectivity index (χ0n) is 10.2. The van der Waals surface area contributed by atoms with E-state index in [1.165, 1.54) is 12.1 Å². The SMILES string of the molecule is Cc1nsc(NC(=O)Nc2ccc(I)cc2C(=O)O)n1. The van der Waals surface area contributed by atoms with E-state index >= 15 is 0 Å². The van der Waals surface area contributed by atoms with Gasteiger partial charge in [-0.25, -0.2) is 14.6 Å². The Kier molecular flexibility index (Phi) is 4.49. The zero-order chi connectivity index (χ0) is 14.7. The van der Waals surface area contributed by atoms with Gasteiger partial charge in [-0.05, 0) is 47.7 Å².